The van der Waals surface area contributed by atoms with Gasteiger partial charge in [0.15, 0.2) is 0 Å². The summed E-state index contributed by atoms with van der Waals surface area (Å²) in [4.78, 5) is 10.9. The molecule has 0 aliphatic carbocycles. The highest BCUT2D eigenvalue weighted by atomic mass is 32.2. The lowest BCUT2D eigenvalue weighted by Crippen LogP contribution is -2.43. The lowest BCUT2D eigenvalue weighted by molar-refractivity contribution is -0.137. The third-order valence-corrected chi connectivity index (χ3v) is 5.32. The fourth-order valence-electron chi connectivity index (χ4n) is 2.34. The maximum atomic E-state index is 12.5. The SMILES string of the molecule is CCc1ccc(S(=O)(=O)NC(C)(C)CCC(=O)O)cc1CC. The smallest absolute Gasteiger partial charge is 0.303 e. The Morgan fingerprint density at radius 3 is 2.27 bits per heavy atom. The van der Waals surface area contributed by atoms with E-state index in [0.717, 1.165) is 24.0 Å². The summed E-state index contributed by atoms with van der Waals surface area (Å²) >= 11 is 0. The van der Waals surface area contributed by atoms with Gasteiger partial charge in [0.1, 0.15) is 0 Å². The first-order valence-corrected chi connectivity index (χ1v) is 8.97. The molecule has 2 N–H and O–H groups in total. The standard InChI is InChI=1S/C16H25NO4S/c1-5-12-7-8-14(11-13(12)6-2)22(20,21)17-16(3,4)10-9-15(18)19/h7-8,11,17H,5-6,9-10H2,1-4H3,(H,18,19). The van der Waals surface area contributed by atoms with Gasteiger partial charge in [0, 0.05) is 12.0 Å². The van der Waals surface area contributed by atoms with Crippen LogP contribution in [0.15, 0.2) is 23.1 Å². The molecule has 0 radical (unpaired) electrons. The fraction of sp³-hybridized carbons (Fsp3) is 0.562. The molecule has 0 heterocycles. The first kappa shape index (κ1) is 18.6. The van der Waals surface area contributed by atoms with E-state index in [4.69, 9.17) is 5.11 Å². The fourth-order valence-corrected chi connectivity index (χ4v) is 3.83. The summed E-state index contributed by atoms with van der Waals surface area (Å²) in [5.41, 5.74) is 1.35. The maximum Gasteiger partial charge on any atom is 0.303 e. The van der Waals surface area contributed by atoms with Crippen molar-refractivity contribution in [3.05, 3.63) is 29.3 Å². The average Bonchev–Trinajstić information content (AvgIpc) is 2.43. The van der Waals surface area contributed by atoms with Crippen LogP contribution in [-0.4, -0.2) is 25.0 Å². The Balaban J connectivity index is 3.01. The third-order valence-electron chi connectivity index (χ3n) is 3.62. The van der Waals surface area contributed by atoms with Gasteiger partial charge in [0.25, 0.3) is 0 Å². The number of nitrogens with one attached hydrogen (secondary N) is 1. The highest BCUT2D eigenvalue weighted by Crippen LogP contribution is 2.20. The van der Waals surface area contributed by atoms with Gasteiger partial charge in [-0.1, -0.05) is 19.9 Å². The lowest BCUT2D eigenvalue weighted by Gasteiger charge is -2.25. The zero-order valence-electron chi connectivity index (χ0n) is 13.6. The van der Waals surface area contributed by atoms with E-state index in [1.165, 1.54) is 0 Å². The molecule has 0 aliphatic heterocycles. The van der Waals surface area contributed by atoms with E-state index in [-0.39, 0.29) is 17.7 Å². The summed E-state index contributed by atoms with van der Waals surface area (Å²) in [5, 5.41) is 8.74. The zero-order chi connectivity index (χ0) is 17.0. The first-order chi connectivity index (χ1) is 10.1. The molecule has 0 saturated carbocycles. The quantitative estimate of drug-likeness (QED) is 0.769. The van der Waals surface area contributed by atoms with Crippen molar-refractivity contribution in [3.63, 3.8) is 0 Å². The number of carbonyl (C=O) groups is 1. The van der Waals surface area contributed by atoms with Crippen LogP contribution in [-0.2, 0) is 27.7 Å². The van der Waals surface area contributed by atoms with E-state index in [2.05, 4.69) is 4.72 Å². The zero-order valence-corrected chi connectivity index (χ0v) is 14.5. The summed E-state index contributed by atoms with van der Waals surface area (Å²) < 4.78 is 27.6. The highest BCUT2D eigenvalue weighted by Gasteiger charge is 2.27. The van der Waals surface area contributed by atoms with Crippen molar-refractivity contribution in [1.82, 2.24) is 4.72 Å². The van der Waals surface area contributed by atoms with Crippen molar-refractivity contribution in [1.29, 1.82) is 0 Å². The molecule has 124 valence electrons. The molecule has 1 rings (SSSR count). The molecule has 0 saturated heterocycles. The number of hydrogen-bond donors (Lipinski definition) is 2. The Morgan fingerprint density at radius 1 is 1.18 bits per heavy atom. The Morgan fingerprint density at radius 2 is 1.77 bits per heavy atom. The molecule has 6 heteroatoms. The second-order valence-corrected chi connectivity index (χ2v) is 7.70. The van der Waals surface area contributed by atoms with Gasteiger partial charge in [-0.15, -0.1) is 0 Å². The molecule has 0 amide bonds. The van der Waals surface area contributed by atoms with Crippen molar-refractivity contribution >= 4 is 16.0 Å². The van der Waals surface area contributed by atoms with Crippen molar-refractivity contribution in [2.24, 2.45) is 0 Å². The van der Waals surface area contributed by atoms with E-state index in [1.807, 2.05) is 19.9 Å². The van der Waals surface area contributed by atoms with Crippen LogP contribution in [0.5, 0.6) is 0 Å². The molecule has 1 aromatic carbocycles. The predicted octanol–water partition coefficient (Wildman–Crippen LogP) is 2.73. The number of carboxylic acid groups (broad SMARTS) is 1. The minimum absolute atomic E-state index is 0.0789. The summed E-state index contributed by atoms with van der Waals surface area (Å²) in [6.45, 7) is 7.41. The number of rotatable bonds is 8. The summed E-state index contributed by atoms with van der Waals surface area (Å²) in [5.74, 6) is -0.937. The van der Waals surface area contributed by atoms with Crippen LogP contribution in [0.25, 0.3) is 0 Å². The summed E-state index contributed by atoms with van der Waals surface area (Å²) in [6.07, 6.45) is 1.79. The Bertz CT molecular complexity index is 636. The molecule has 0 fully saturated rings. The van der Waals surface area contributed by atoms with E-state index >= 15 is 0 Å². The topological polar surface area (TPSA) is 83.5 Å². The molecule has 0 atom stereocenters. The second kappa shape index (κ2) is 7.24. The Labute approximate surface area is 132 Å². The lowest BCUT2D eigenvalue weighted by atomic mass is 10.0. The second-order valence-electron chi connectivity index (χ2n) is 6.02. The molecule has 0 aliphatic rings. The maximum absolute atomic E-state index is 12.5. The van der Waals surface area contributed by atoms with Gasteiger partial charge in [0.05, 0.1) is 4.90 Å². The molecule has 0 bridgehead atoms. The molecular formula is C16H25NO4S. The third kappa shape index (κ3) is 5.10. The number of sulfonamides is 1. The van der Waals surface area contributed by atoms with E-state index in [9.17, 15) is 13.2 Å². The van der Waals surface area contributed by atoms with Crippen LogP contribution < -0.4 is 4.72 Å². The van der Waals surface area contributed by atoms with Gasteiger partial charge >= 0.3 is 5.97 Å². The van der Waals surface area contributed by atoms with Crippen molar-refractivity contribution in [3.8, 4) is 0 Å². The minimum atomic E-state index is -3.67. The largest absolute Gasteiger partial charge is 0.481 e. The van der Waals surface area contributed by atoms with Crippen LogP contribution in [0.4, 0.5) is 0 Å². The van der Waals surface area contributed by atoms with Gasteiger partial charge in [0.2, 0.25) is 10.0 Å². The van der Waals surface area contributed by atoms with E-state index < -0.39 is 21.5 Å². The Kier molecular flexibility index (Phi) is 6.14. The molecule has 22 heavy (non-hydrogen) atoms. The van der Waals surface area contributed by atoms with E-state index in [0.29, 0.717) is 0 Å². The monoisotopic (exact) mass is 327 g/mol. The van der Waals surface area contributed by atoms with Crippen LogP contribution >= 0.6 is 0 Å². The summed E-state index contributed by atoms with van der Waals surface area (Å²) in [7, 11) is -3.67. The minimum Gasteiger partial charge on any atom is -0.481 e. The van der Waals surface area contributed by atoms with Gasteiger partial charge in [-0.2, -0.15) is 0 Å². The molecule has 1 aromatic rings. The van der Waals surface area contributed by atoms with Gasteiger partial charge in [-0.25, -0.2) is 13.1 Å². The number of aryl methyl sites for hydroxylation is 2. The molecule has 5 nitrogen and oxygen atoms in total. The van der Waals surface area contributed by atoms with Crippen LogP contribution in [0.2, 0.25) is 0 Å². The first-order valence-electron chi connectivity index (χ1n) is 7.49. The number of benzene rings is 1. The summed E-state index contributed by atoms with van der Waals surface area (Å²) in [6, 6.07) is 5.15. The molecule has 0 unspecified atom stereocenters. The number of hydrogen-bond acceptors (Lipinski definition) is 3. The van der Waals surface area contributed by atoms with Gasteiger partial charge in [-0.3, -0.25) is 4.79 Å². The van der Waals surface area contributed by atoms with Crippen molar-refractivity contribution in [2.75, 3.05) is 0 Å². The van der Waals surface area contributed by atoms with Gasteiger partial charge < -0.3 is 5.11 Å². The van der Waals surface area contributed by atoms with Gasteiger partial charge in [-0.05, 0) is 56.4 Å². The van der Waals surface area contributed by atoms with Crippen LogP contribution in [0.3, 0.4) is 0 Å². The number of aliphatic carboxylic acids is 1. The highest BCUT2D eigenvalue weighted by molar-refractivity contribution is 7.89. The van der Waals surface area contributed by atoms with Crippen molar-refractivity contribution < 1.29 is 18.3 Å². The average molecular weight is 327 g/mol. The van der Waals surface area contributed by atoms with Crippen LogP contribution in [0.1, 0.15) is 51.7 Å². The molecule has 0 spiro atoms. The molecule has 0 aromatic heterocycles. The van der Waals surface area contributed by atoms with Crippen LogP contribution in [0, 0.1) is 0 Å². The van der Waals surface area contributed by atoms with Crippen molar-refractivity contribution in [2.45, 2.75) is 63.8 Å². The predicted molar refractivity (Wildman–Crippen MR) is 86.5 cm³/mol. The Hall–Kier alpha value is -1.40. The normalized spacial score (nSPS) is 12.4. The number of carboxylic acids is 1. The van der Waals surface area contributed by atoms with E-state index in [1.54, 1.807) is 26.0 Å². The molecular weight excluding hydrogens is 302 g/mol.